The summed E-state index contributed by atoms with van der Waals surface area (Å²) in [7, 11) is 1.65. The number of esters is 1. The number of piperidine rings is 1. The van der Waals surface area contributed by atoms with Crippen molar-refractivity contribution in [1.82, 2.24) is 9.47 Å². The maximum atomic E-state index is 13.0. The van der Waals surface area contributed by atoms with Gasteiger partial charge in [-0.15, -0.1) is 0 Å². The van der Waals surface area contributed by atoms with Gasteiger partial charge in [0.15, 0.2) is 5.88 Å². The van der Waals surface area contributed by atoms with Gasteiger partial charge in [-0.05, 0) is 88.5 Å². The predicted molar refractivity (Wildman–Crippen MR) is 146 cm³/mol. The van der Waals surface area contributed by atoms with Gasteiger partial charge in [-0.25, -0.2) is 4.79 Å². The minimum atomic E-state index is -0.459. The molecule has 38 heavy (non-hydrogen) atoms. The molecule has 204 valence electrons. The van der Waals surface area contributed by atoms with Crippen molar-refractivity contribution in [1.29, 1.82) is 0 Å². The van der Waals surface area contributed by atoms with E-state index in [0.717, 1.165) is 63.2 Å². The van der Waals surface area contributed by atoms with Crippen molar-refractivity contribution >= 4 is 5.97 Å². The molecule has 3 aromatic rings. The highest BCUT2D eigenvalue weighted by Gasteiger charge is 2.23. The number of rotatable bonds is 12. The van der Waals surface area contributed by atoms with Crippen molar-refractivity contribution in [2.45, 2.75) is 39.0 Å². The Morgan fingerprint density at radius 1 is 1.03 bits per heavy atom. The number of ether oxygens (including phenoxy) is 3. The van der Waals surface area contributed by atoms with Gasteiger partial charge in [0.25, 0.3) is 0 Å². The number of benzene rings is 2. The summed E-state index contributed by atoms with van der Waals surface area (Å²) >= 11 is 0. The van der Waals surface area contributed by atoms with Crippen LogP contribution in [0.25, 0.3) is 5.69 Å². The molecule has 8 nitrogen and oxygen atoms in total. The zero-order chi connectivity index (χ0) is 26.9. The first kappa shape index (κ1) is 27.4. The van der Waals surface area contributed by atoms with E-state index in [1.165, 1.54) is 10.6 Å². The number of unbranched alkanes of at least 4 members (excludes halogenated alkanes) is 2. The van der Waals surface area contributed by atoms with Crippen LogP contribution in [0.2, 0.25) is 0 Å². The average molecular weight is 523 g/mol. The second kappa shape index (κ2) is 13.2. The summed E-state index contributed by atoms with van der Waals surface area (Å²) in [5.74, 6) is 1.28. The van der Waals surface area contributed by atoms with Gasteiger partial charge >= 0.3 is 5.97 Å². The fourth-order valence-electron chi connectivity index (χ4n) is 4.92. The summed E-state index contributed by atoms with van der Waals surface area (Å²) < 4.78 is 17.9. The second-order valence-corrected chi connectivity index (χ2v) is 9.85. The molecule has 0 bridgehead atoms. The van der Waals surface area contributed by atoms with E-state index in [1.807, 2.05) is 24.3 Å². The van der Waals surface area contributed by atoms with Gasteiger partial charge < -0.3 is 29.3 Å². The molecule has 4 rings (SSSR count). The Bertz CT molecular complexity index is 1190. The molecule has 2 heterocycles. The van der Waals surface area contributed by atoms with Crippen LogP contribution in [0.5, 0.6) is 23.3 Å². The molecule has 1 atom stereocenters. The molecule has 1 aromatic heterocycles. The Labute approximate surface area is 224 Å². The Morgan fingerprint density at radius 3 is 2.53 bits per heavy atom. The number of carbonyl (C=O) groups is 1. The van der Waals surface area contributed by atoms with Gasteiger partial charge in [0.05, 0.1) is 31.6 Å². The third-order valence-corrected chi connectivity index (χ3v) is 7.00. The van der Waals surface area contributed by atoms with Gasteiger partial charge in [0.2, 0.25) is 5.88 Å². The lowest BCUT2D eigenvalue weighted by atomic mass is 9.98. The molecule has 2 N–H and O–H groups in total. The predicted octanol–water partition coefficient (Wildman–Crippen LogP) is 5.32. The first-order chi connectivity index (χ1) is 18.5. The van der Waals surface area contributed by atoms with E-state index in [4.69, 9.17) is 14.2 Å². The summed E-state index contributed by atoms with van der Waals surface area (Å²) in [6, 6.07) is 15.9. The van der Waals surface area contributed by atoms with E-state index >= 15 is 0 Å². The molecule has 0 aliphatic carbocycles. The first-order valence-corrected chi connectivity index (χ1v) is 13.3. The van der Waals surface area contributed by atoms with E-state index in [1.54, 1.807) is 38.3 Å². The monoisotopic (exact) mass is 522 g/mol. The van der Waals surface area contributed by atoms with Crippen LogP contribution in [-0.4, -0.2) is 65.6 Å². The second-order valence-electron chi connectivity index (χ2n) is 9.85. The highest BCUT2D eigenvalue weighted by Crippen LogP contribution is 2.32. The van der Waals surface area contributed by atoms with Crippen LogP contribution in [0.1, 0.15) is 48.0 Å². The van der Waals surface area contributed by atoms with E-state index < -0.39 is 5.97 Å². The van der Waals surface area contributed by atoms with Gasteiger partial charge in [-0.3, -0.25) is 4.57 Å². The Balaban J connectivity index is 1.19. The minimum absolute atomic E-state index is 0.0991. The van der Waals surface area contributed by atoms with Crippen LogP contribution in [0.15, 0.2) is 54.6 Å². The zero-order valence-electron chi connectivity index (χ0n) is 22.3. The number of carbonyl (C=O) groups excluding carboxylic acids is 1. The Morgan fingerprint density at radius 2 is 1.79 bits per heavy atom. The molecular weight excluding hydrogens is 484 g/mol. The Hall–Kier alpha value is -3.65. The molecule has 0 spiro atoms. The van der Waals surface area contributed by atoms with E-state index in [9.17, 15) is 15.0 Å². The molecular formula is C30H38N2O6. The third kappa shape index (κ3) is 7.01. The van der Waals surface area contributed by atoms with Crippen molar-refractivity contribution in [3.63, 3.8) is 0 Å². The maximum Gasteiger partial charge on any atom is 0.340 e. The van der Waals surface area contributed by atoms with Gasteiger partial charge in [-0.1, -0.05) is 12.1 Å². The molecule has 0 saturated carbocycles. The van der Waals surface area contributed by atoms with Crippen molar-refractivity contribution in [2.75, 3.05) is 40.0 Å². The lowest BCUT2D eigenvalue weighted by Crippen LogP contribution is -2.38. The molecule has 1 unspecified atom stereocenters. The molecule has 1 aliphatic heterocycles. The summed E-state index contributed by atoms with van der Waals surface area (Å²) in [5, 5.41) is 20.6. The van der Waals surface area contributed by atoms with E-state index in [0.29, 0.717) is 30.0 Å². The normalized spacial score (nSPS) is 15.8. The zero-order valence-corrected chi connectivity index (χ0v) is 22.3. The smallest absolute Gasteiger partial charge is 0.340 e. The first-order valence-electron chi connectivity index (χ1n) is 13.3. The molecule has 0 amide bonds. The number of nitrogens with zero attached hydrogens (tertiary/aromatic N) is 2. The average Bonchev–Trinajstić information content (AvgIpc) is 3.20. The molecule has 1 saturated heterocycles. The quantitative estimate of drug-likeness (QED) is 0.246. The molecule has 2 aromatic carbocycles. The fraction of sp³-hybridized carbons (Fsp3) is 0.433. The number of methoxy groups -OCH3 is 1. The molecule has 1 fully saturated rings. The maximum absolute atomic E-state index is 13.0. The lowest BCUT2D eigenvalue weighted by Gasteiger charge is -2.32. The van der Waals surface area contributed by atoms with Crippen LogP contribution < -0.4 is 9.47 Å². The number of aromatic nitrogens is 1. The highest BCUT2D eigenvalue weighted by molar-refractivity contribution is 5.93. The molecule has 1 aliphatic rings. The van der Waals surface area contributed by atoms with Gasteiger partial charge in [0.1, 0.15) is 11.5 Å². The van der Waals surface area contributed by atoms with Crippen molar-refractivity contribution in [3.05, 3.63) is 65.7 Å². The molecule has 0 radical (unpaired) electrons. The number of aryl methyl sites for hydroxylation is 1. The number of likely N-dealkylation sites (tertiary alicyclic amines) is 1. The van der Waals surface area contributed by atoms with Crippen molar-refractivity contribution in [2.24, 2.45) is 5.92 Å². The van der Waals surface area contributed by atoms with Crippen molar-refractivity contribution < 1.29 is 29.2 Å². The Kier molecular flexibility index (Phi) is 9.54. The van der Waals surface area contributed by atoms with Crippen LogP contribution >= 0.6 is 0 Å². The summed E-state index contributed by atoms with van der Waals surface area (Å²) in [4.78, 5) is 15.4. The van der Waals surface area contributed by atoms with Crippen LogP contribution in [-0.2, 0) is 4.74 Å². The van der Waals surface area contributed by atoms with E-state index in [2.05, 4.69) is 4.90 Å². The lowest BCUT2D eigenvalue weighted by molar-refractivity contribution is 0.0353. The summed E-state index contributed by atoms with van der Waals surface area (Å²) in [5.41, 5.74) is 1.22. The number of para-hydroxylation sites is 1. The van der Waals surface area contributed by atoms with Crippen LogP contribution in [0, 0.1) is 12.8 Å². The number of hydrogen-bond donors (Lipinski definition) is 2. The van der Waals surface area contributed by atoms with Crippen LogP contribution in [0.4, 0.5) is 0 Å². The summed E-state index contributed by atoms with van der Waals surface area (Å²) in [6.07, 6.45) is 5.33. The molecule has 8 heteroatoms. The fourth-order valence-corrected chi connectivity index (χ4v) is 4.92. The number of hydrogen-bond acceptors (Lipinski definition) is 7. The standard InChI is InChI=1S/C30H38N2O6/c1-22-19-28(33)32(29(22)34)27-11-5-4-10-26(27)30(35)38-21-23-9-8-17-31(20-23)16-6-3-7-18-37-25-14-12-24(36-2)13-15-25/h4-5,10-15,19,23,33-34H,3,6-9,16-18,20-21H2,1-2H3. The van der Waals surface area contributed by atoms with Crippen LogP contribution in [0.3, 0.4) is 0 Å². The van der Waals surface area contributed by atoms with E-state index in [-0.39, 0.29) is 17.7 Å². The van der Waals surface area contributed by atoms with Gasteiger partial charge in [0, 0.05) is 24.1 Å². The SMILES string of the molecule is COc1ccc(OCCCCCN2CCCC(COC(=O)c3ccccc3-n3c(O)cc(C)c3O)C2)cc1. The van der Waals surface area contributed by atoms with Crippen molar-refractivity contribution in [3.8, 4) is 28.9 Å². The number of aromatic hydroxyl groups is 2. The van der Waals surface area contributed by atoms with Gasteiger partial charge in [-0.2, -0.15) is 0 Å². The summed E-state index contributed by atoms with van der Waals surface area (Å²) in [6.45, 7) is 5.75. The topological polar surface area (TPSA) is 93.4 Å². The largest absolute Gasteiger partial charge is 0.497 e. The third-order valence-electron chi connectivity index (χ3n) is 7.00. The minimum Gasteiger partial charge on any atom is -0.497 e. The highest BCUT2D eigenvalue weighted by atomic mass is 16.5.